The molecule has 2 rings (SSSR count). The number of aromatic nitrogens is 3. The second-order valence-electron chi connectivity index (χ2n) is 3.61. The summed E-state index contributed by atoms with van der Waals surface area (Å²) < 4.78 is 0. The predicted octanol–water partition coefficient (Wildman–Crippen LogP) is 1.19. The Bertz CT molecular complexity index is 503. The average molecular weight is 245 g/mol. The van der Waals surface area contributed by atoms with Crippen LogP contribution in [-0.4, -0.2) is 33.7 Å². The molecule has 0 aliphatic heterocycles. The third-order valence-electron chi connectivity index (χ3n) is 2.27. The van der Waals surface area contributed by atoms with Crippen LogP contribution in [0, 0.1) is 0 Å². The van der Waals surface area contributed by atoms with Gasteiger partial charge in [0.05, 0.1) is 6.61 Å². The highest BCUT2D eigenvalue weighted by Crippen LogP contribution is 2.13. The standard InChI is InChI=1S/C12H15N5O/c1-13-11-15-10(7-8-18)16-12(17-11)14-9-5-3-2-4-6-9/h2-6,18H,7-8H2,1H3,(H2,13,14,15,16,17). The summed E-state index contributed by atoms with van der Waals surface area (Å²) in [4.78, 5) is 12.6. The van der Waals surface area contributed by atoms with Gasteiger partial charge in [-0.15, -0.1) is 0 Å². The molecule has 1 aromatic carbocycles. The first-order chi connectivity index (χ1) is 8.81. The van der Waals surface area contributed by atoms with Crippen LogP contribution in [0.1, 0.15) is 5.82 Å². The Labute approximate surface area is 105 Å². The quantitative estimate of drug-likeness (QED) is 0.734. The fraction of sp³-hybridized carbons (Fsp3) is 0.250. The van der Waals surface area contributed by atoms with E-state index in [2.05, 4.69) is 25.6 Å². The van der Waals surface area contributed by atoms with E-state index in [9.17, 15) is 0 Å². The van der Waals surface area contributed by atoms with E-state index in [4.69, 9.17) is 5.11 Å². The van der Waals surface area contributed by atoms with E-state index in [1.165, 1.54) is 0 Å². The maximum Gasteiger partial charge on any atom is 0.232 e. The van der Waals surface area contributed by atoms with Crippen LogP contribution >= 0.6 is 0 Å². The van der Waals surface area contributed by atoms with Crippen molar-refractivity contribution in [1.29, 1.82) is 0 Å². The molecule has 0 aliphatic carbocycles. The van der Waals surface area contributed by atoms with Crippen LogP contribution in [0.25, 0.3) is 0 Å². The highest BCUT2D eigenvalue weighted by Gasteiger charge is 2.05. The molecule has 0 radical (unpaired) electrons. The molecule has 6 nitrogen and oxygen atoms in total. The predicted molar refractivity (Wildman–Crippen MR) is 69.9 cm³/mol. The van der Waals surface area contributed by atoms with Crippen molar-refractivity contribution in [2.24, 2.45) is 0 Å². The minimum Gasteiger partial charge on any atom is -0.396 e. The molecule has 0 amide bonds. The van der Waals surface area contributed by atoms with Crippen LogP contribution in [0.4, 0.5) is 17.6 Å². The molecule has 3 N–H and O–H groups in total. The van der Waals surface area contributed by atoms with E-state index in [-0.39, 0.29) is 6.61 Å². The van der Waals surface area contributed by atoms with E-state index in [0.29, 0.717) is 24.1 Å². The molecular weight excluding hydrogens is 230 g/mol. The summed E-state index contributed by atoms with van der Waals surface area (Å²) in [6.45, 7) is 0.0118. The lowest BCUT2D eigenvalue weighted by atomic mass is 10.3. The Morgan fingerprint density at radius 3 is 2.44 bits per heavy atom. The van der Waals surface area contributed by atoms with Crippen molar-refractivity contribution in [3.8, 4) is 0 Å². The average Bonchev–Trinajstić information content (AvgIpc) is 2.40. The fourth-order valence-corrected chi connectivity index (χ4v) is 1.45. The highest BCUT2D eigenvalue weighted by atomic mass is 16.3. The molecular formula is C12H15N5O. The van der Waals surface area contributed by atoms with E-state index >= 15 is 0 Å². The zero-order valence-electron chi connectivity index (χ0n) is 10.1. The molecule has 6 heteroatoms. The van der Waals surface area contributed by atoms with Crippen molar-refractivity contribution < 1.29 is 5.11 Å². The van der Waals surface area contributed by atoms with E-state index in [1.807, 2.05) is 30.3 Å². The maximum atomic E-state index is 8.92. The largest absolute Gasteiger partial charge is 0.396 e. The summed E-state index contributed by atoms with van der Waals surface area (Å²) in [5, 5.41) is 14.9. The summed E-state index contributed by atoms with van der Waals surface area (Å²) in [6, 6.07) is 9.65. The van der Waals surface area contributed by atoms with Gasteiger partial charge in [0.1, 0.15) is 5.82 Å². The molecule has 0 unspecified atom stereocenters. The Kier molecular flexibility index (Phi) is 4.03. The SMILES string of the molecule is CNc1nc(CCO)nc(Nc2ccccc2)n1. The summed E-state index contributed by atoms with van der Waals surface area (Å²) in [7, 11) is 1.74. The van der Waals surface area contributed by atoms with Gasteiger partial charge in [-0.05, 0) is 12.1 Å². The number of aliphatic hydroxyl groups is 1. The van der Waals surface area contributed by atoms with Crippen molar-refractivity contribution >= 4 is 17.6 Å². The number of para-hydroxylation sites is 1. The first-order valence-corrected chi connectivity index (χ1v) is 5.67. The molecule has 0 bridgehead atoms. The molecule has 0 atom stereocenters. The van der Waals surface area contributed by atoms with Crippen LogP contribution < -0.4 is 10.6 Å². The van der Waals surface area contributed by atoms with E-state index in [0.717, 1.165) is 5.69 Å². The number of rotatable bonds is 5. The first-order valence-electron chi connectivity index (χ1n) is 5.67. The number of aliphatic hydroxyl groups excluding tert-OH is 1. The summed E-state index contributed by atoms with van der Waals surface area (Å²) >= 11 is 0. The van der Waals surface area contributed by atoms with Gasteiger partial charge >= 0.3 is 0 Å². The van der Waals surface area contributed by atoms with Gasteiger partial charge in [-0.2, -0.15) is 15.0 Å². The monoisotopic (exact) mass is 245 g/mol. The van der Waals surface area contributed by atoms with Gasteiger partial charge in [0.15, 0.2) is 0 Å². The van der Waals surface area contributed by atoms with E-state index < -0.39 is 0 Å². The molecule has 1 heterocycles. The number of hydrogen-bond donors (Lipinski definition) is 3. The van der Waals surface area contributed by atoms with Crippen LogP contribution in [0.5, 0.6) is 0 Å². The topological polar surface area (TPSA) is 83.0 Å². The van der Waals surface area contributed by atoms with Crippen molar-refractivity contribution in [3.05, 3.63) is 36.2 Å². The maximum absolute atomic E-state index is 8.92. The molecule has 0 saturated heterocycles. The van der Waals surface area contributed by atoms with Gasteiger partial charge in [-0.3, -0.25) is 0 Å². The van der Waals surface area contributed by atoms with Crippen LogP contribution in [-0.2, 0) is 6.42 Å². The number of benzene rings is 1. The normalized spacial score (nSPS) is 10.1. The Morgan fingerprint density at radius 2 is 1.78 bits per heavy atom. The Hall–Kier alpha value is -2.21. The number of anilines is 3. The lowest BCUT2D eigenvalue weighted by Gasteiger charge is -2.07. The van der Waals surface area contributed by atoms with Gasteiger partial charge in [0.25, 0.3) is 0 Å². The zero-order valence-corrected chi connectivity index (χ0v) is 10.1. The summed E-state index contributed by atoms with van der Waals surface area (Å²) in [5.74, 6) is 1.49. The summed E-state index contributed by atoms with van der Waals surface area (Å²) in [6.07, 6.45) is 0.403. The zero-order chi connectivity index (χ0) is 12.8. The third kappa shape index (κ3) is 3.14. The molecule has 0 fully saturated rings. The second-order valence-corrected chi connectivity index (χ2v) is 3.61. The van der Waals surface area contributed by atoms with Crippen molar-refractivity contribution in [2.75, 3.05) is 24.3 Å². The summed E-state index contributed by atoms with van der Waals surface area (Å²) in [5.41, 5.74) is 0.903. The molecule has 1 aromatic heterocycles. The Balaban J connectivity index is 2.24. The van der Waals surface area contributed by atoms with Crippen molar-refractivity contribution in [1.82, 2.24) is 15.0 Å². The Morgan fingerprint density at radius 1 is 1.06 bits per heavy atom. The molecule has 94 valence electrons. The molecule has 0 spiro atoms. The lowest BCUT2D eigenvalue weighted by Crippen LogP contribution is -2.08. The number of nitrogens with zero attached hydrogens (tertiary/aromatic N) is 3. The van der Waals surface area contributed by atoms with Crippen molar-refractivity contribution in [3.63, 3.8) is 0 Å². The molecule has 2 aromatic rings. The molecule has 0 aliphatic rings. The number of hydrogen-bond acceptors (Lipinski definition) is 6. The molecule has 0 saturated carbocycles. The van der Waals surface area contributed by atoms with Gasteiger partial charge in [0.2, 0.25) is 11.9 Å². The van der Waals surface area contributed by atoms with Crippen LogP contribution in [0.15, 0.2) is 30.3 Å². The van der Waals surface area contributed by atoms with Gasteiger partial charge in [-0.25, -0.2) is 0 Å². The minimum absolute atomic E-state index is 0.0118. The van der Waals surface area contributed by atoms with Gasteiger partial charge in [-0.1, -0.05) is 18.2 Å². The number of nitrogens with one attached hydrogen (secondary N) is 2. The minimum atomic E-state index is 0.0118. The van der Waals surface area contributed by atoms with Crippen LogP contribution in [0.2, 0.25) is 0 Å². The smallest absolute Gasteiger partial charge is 0.232 e. The van der Waals surface area contributed by atoms with E-state index in [1.54, 1.807) is 7.05 Å². The highest BCUT2D eigenvalue weighted by molar-refractivity contribution is 5.53. The fourth-order valence-electron chi connectivity index (χ4n) is 1.45. The van der Waals surface area contributed by atoms with Gasteiger partial charge in [0, 0.05) is 19.2 Å². The second kappa shape index (κ2) is 5.92. The molecule has 18 heavy (non-hydrogen) atoms. The third-order valence-corrected chi connectivity index (χ3v) is 2.27. The van der Waals surface area contributed by atoms with Gasteiger partial charge < -0.3 is 15.7 Å². The van der Waals surface area contributed by atoms with Crippen molar-refractivity contribution in [2.45, 2.75) is 6.42 Å². The van der Waals surface area contributed by atoms with Crippen LogP contribution in [0.3, 0.4) is 0 Å². The lowest BCUT2D eigenvalue weighted by molar-refractivity contribution is 0.296. The first kappa shape index (κ1) is 12.3.